The van der Waals surface area contributed by atoms with Crippen LogP contribution < -0.4 is 14.8 Å². The van der Waals surface area contributed by atoms with Crippen LogP contribution in [0.15, 0.2) is 47.4 Å². The van der Waals surface area contributed by atoms with Gasteiger partial charge in [-0.25, -0.2) is 8.42 Å². The van der Waals surface area contributed by atoms with Crippen molar-refractivity contribution < 1.29 is 17.9 Å². The van der Waals surface area contributed by atoms with Crippen molar-refractivity contribution in [1.29, 1.82) is 0 Å². The highest BCUT2D eigenvalue weighted by Gasteiger charge is 2.35. The van der Waals surface area contributed by atoms with Gasteiger partial charge in [0.2, 0.25) is 0 Å². The Kier molecular flexibility index (Phi) is 3.00. The van der Waals surface area contributed by atoms with E-state index in [9.17, 15) is 8.42 Å². The predicted molar refractivity (Wildman–Crippen MR) is 82.3 cm³/mol. The minimum atomic E-state index is -3.42. The lowest BCUT2D eigenvalue weighted by atomic mass is 10.1. The van der Waals surface area contributed by atoms with Gasteiger partial charge in [0.25, 0.3) is 0 Å². The zero-order valence-corrected chi connectivity index (χ0v) is 12.6. The summed E-state index contributed by atoms with van der Waals surface area (Å²) < 4.78 is 36.8. The van der Waals surface area contributed by atoms with Crippen LogP contribution in [0.1, 0.15) is 10.8 Å². The van der Waals surface area contributed by atoms with E-state index in [1.165, 1.54) is 0 Å². The highest BCUT2D eigenvalue weighted by Crippen LogP contribution is 2.40. The number of rotatable bonds is 1. The molecule has 0 aliphatic carbocycles. The second-order valence-electron chi connectivity index (χ2n) is 5.31. The lowest BCUT2D eigenvalue weighted by Crippen LogP contribution is -2.28. The van der Waals surface area contributed by atoms with Crippen LogP contribution in [0.2, 0.25) is 0 Å². The van der Waals surface area contributed by atoms with Crippen LogP contribution >= 0.6 is 0 Å². The molecule has 0 aromatic heterocycles. The van der Waals surface area contributed by atoms with Crippen molar-refractivity contribution >= 4 is 15.5 Å². The van der Waals surface area contributed by atoms with Crippen LogP contribution in [0, 0.1) is 0 Å². The first-order valence-electron chi connectivity index (χ1n) is 7.12. The summed E-state index contributed by atoms with van der Waals surface area (Å²) in [6, 6.07) is 12.3. The number of sulfone groups is 1. The fourth-order valence-electron chi connectivity index (χ4n) is 2.88. The normalized spacial score (nSPS) is 21.5. The second-order valence-corrected chi connectivity index (χ2v) is 7.41. The zero-order valence-electron chi connectivity index (χ0n) is 11.8. The van der Waals surface area contributed by atoms with E-state index in [4.69, 9.17) is 9.47 Å². The maximum Gasteiger partial charge on any atom is 0.189 e. The molecule has 2 aromatic rings. The van der Waals surface area contributed by atoms with Gasteiger partial charge in [-0.3, -0.25) is 0 Å². The third kappa shape index (κ3) is 2.02. The molecule has 4 rings (SSSR count). The summed E-state index contributed by atoms with van der Waals surface area (Å²) in [6.07, 6.45) is 0. The first-order valence-corrected chi connectivity index (χ1v) is 8.67. The van der Waals surface area contributed by atoms with Crippen molar-refractivity contribution in [2.75, 3.05) is 25.1 Å². The second kappa shape index (κ2) is 4.91. The molecule has 1 atom stereocenters. The van der Waals surface area contributed by atoms with Gasteiger partial charge in [0, 0.05) is 6.54 Å². The van der Waals surface area contributed by atoms with Gasteiger partial charge in [-0.1, -0.05) is 18.2 Å². The highest BCUT2D eigenvalue weighted by molar-refractivity contribution is 7.92. The molecule has 6 heteroatoms. The summed E-state index contributed by atoms with van der Waals surface area (Å²) in [4.78, 5) is 0.348. The van der Waals surface area contributed by atoms with E-state index in [0.717, 1.165) is 0 Å². The molecule has 0 spiro atoms. The average molecular weight is 317 g/mol. The van der Waals surface area contributed by atoms with Crippen LogP contribution in [-0.2, 0) is 9.84 Å². The molecule has 0 fully saturated rings. The average Bonchev–Trinajstić information content (AvgIpc) is 2.54. The van der Waals surface area contributed by atoms with Gasteiger partial charge >= 0.3 is 0 Å². The third-order valence-corrected chi connectivity index (χ3v) is 6.14. The summed E-state index contributed by atoms with van der Waals surface area (Å²) in [5.74, 6) is 1.27. The molecular weight excluding hydrogens is 302 g/mol. The van der Waals surface area contributed by atoms with Crippen LogP contribution in [0.4, 0.5) is 5.69 Å². The first-order chi connectivity index (χ1) is 10.7. The van der Waals surface area contributed by atoms with Gasteiger partial charge in [-0.05, 0) is 29.8 Å². The van der Waals surface area contributed by atoms with E-state index in [2.05, 4.69) is 5.32 Å². The Labute approximate surface area is 128 Å². The maximum absolute atomic E-state index is 12.9. The molecule has 0 saturated carbocycles. The van der Waals surface area contributed by atoms with Gasteiger partial charge in [-0.15, -0.1) is 0 Å². The number of nitrogens with one attached hydrogen (secondary N) is 1. The summed E-state index contributed by atoms with van der Waals surface area (Å²) in [5, 5.41) is 2.57. The highest BCUT2D eigenvalue weighted by atomic mass is 32.2. The first kappa shape index (κ1) is 13.5. The molecule has 0 amide bonds. The minimum absolute atomic E-state index is 0.346. The Hall–Kier alpha value is -2.21. The fraction of sp³-hybridized carbons (Fsp3) is 0.250. The van der Waals surface area contributed by atoms with E-state index in [0.29, 0.717) is 47.4 Å². The molecule has 22 heavy (non-hydrogen) atoms. The van der Waals surface area contributed by atoms with Gasteiger partial charge in [0.1, 0.15) is 18.5 Å². The summed E-state index contributed by atoms with van der Waals surface area (Å²) in [6.45, 7) is 1.34. The SMILES string of the molecule is O=S1(=O)c2ccccc2NCC1c1ccc2c(c1)OCCO2. The largest absolute Gasteiger partial charge is 0.486 e. The molecule has 0 saturated heterocycles. The molecule has 2 heterocycles. The molecule has 1 N–H and O–H groups in total. The molecule has 1 unspecified atom stereocenters. The molecule has 2 aromatic carbocycles. The molecule has 2 aliphatic rings. The van der Waals surface area contributed by atoms with E-state index >= 15 is 0 Å². The van der Waals surface area contributed by atoms with Gasteiger partial charge in [0.05, 0.1) is 10.6 Å². The Morgan fingerprint density at radius 3 is 2.64 bits per heavy atom. The Morgan fingerprint density at radius 1 is 1.00 bits per heavy atom. The van der Waals surface area contributed by atoms with Gasteiger partial charge < -0.3 is 14.8 Å². The number of fused-ring (bicyclic) bond motifs is 2. The summed E-state index contributed by atoms with van der Waals surface area (Å²) in [7, 11) is -3.42. The standard InChI is InChI=1S/C16H15NO4S/c18-22(19)15-4-2-1-3-12(15)17-10-16(22)11-5-6-13-14(9-11)21-8-7-20-13/h1-6,9,16-17H,7-8,10H2. The number of ether oxygens (including phenoxy) is 2. The van der Waals surface area contributed by atoms with Crippen molar-refractivity contribution in [2.24, 2.45) is 0 Å². The topological polar surface area (TPSA) is 64.6 Å². The third-order valence-electron chi connectivity index (χ3n) is 3.98. The monoisotopic (exact) mass is 317 g/mol. The predicted octanol–water partition coefficient (Wildman–Crippen LogP) is 2.40. The Balaban J connectivity index is 1.78. The van der Waals surface area contributed by atoms with Crippen molar-refractivity contribution in [3.05, 3.63) is 48.0 Å². The lowest BCUT2D eigenvalue weighted by Gasteiger charge is -2.27. The van der Waals surface area contributed by atoms with Crippen LogP contribution in [0.5, 0.6) is 11.5 Å². The molecule has 0 radical (unpaired) electrons. The van der Waals surface area contributed by atoms with Crippen molar-refractivity contribution in [2.45, 2.75) is 10.1 Å². The minimum Gasteiger partial charge on any atom is -0.486 e. The number of hydrogen-bond donors (Lipinski definition) is 1. The number of benzene rings is 2. The zero-order chi connectivity index (χ0) is 15.2. The molecule has 114 valence electrons. The van der Waals surface area contributed by atoms with Crippen LogP contribution in [-0.4, -0.2) is 28.2 Å². The Morgan fingerprint density at radius 2 is 1.77 bits per heavy atom. The van der Waals surface area contributed by atoms with Crippen molar-refractivity contribution in [3.8, 4) is 11.5 Å². The van der Waals surface area contributed by atoms with Crippen LogP contribution in [0.25, 0.3) is 0 Å². The lowest BCUT2D eigenvalue weighted by molar-refractivity contribution is 0.171. The van der Waals surface area contributed by atoms with Gasteiger partial charge in [0.15, 0.2) is 21.3 Å². The quantitative estimate of drug-likeness (QED) is 0.875. The molecular formula is C16H15NO4S. The smallest absolute Gasteiger partial charge is 0.189 e. The summed E-state index contributed by atoms with van der Waals surface area (Å²) >= 11 is 0. The number of hydrogen-bond acceptors (Lipinski definition) is 5. The summed E-state index contributed by atoms with van der Waals surface area (Å²) in [5.41, 5.74) is 1.38. The fourth-order valence-corrected chi connectivity index (χ4v) is 4.71. The molecule has 2 aliphatic heterocycles. The van der Waals surface area contributed by atoms with E-state index in [1.54, 1.807) is 36.4 Å². The molecule has 0 bridgehead atoms. The van der Waals surface area contributed by atoms with Crippen LogP contribution in [0.3, 0.4) is 0 Å². The van der Waals surface area contributed by atoms with E-state index < -0.39 is 15.1 Å². The van der Waals surface area contributed by atoms with Crippen molar-refractivity contribution in [3.63, 3.8) is 0 Å². The van der Waals surface area contributed by atoms with Crippen molar-refractivity contribution in [1.82, 2.24) is 0 Å². The number of para-hydroxylation sites is 1. The molecule has 5 nitrogen and oxygen atoms in total. The van der Waals surface area contributed by atoms with E-state index in [1.807, 2.05) is 6.07 Å². The van der Waals surface area contributed by atoms with E-state index in [-0.39, 0.29) is 0 Å². The Bertz CT molecular complexity index is 832. The maximum atomic E-state index is 12.9. The number of anilines is 1. The van der Waals surface area contributed by atoms with Gasteiger partial charge in [-0.2, -0.15) is 0 Å².